The minimum atomic E-state index is -0.249. The molecule has 1 aliphatic rings. The molecule has 1 N–H and O–H groups in total. The van der Waals surface area contributed by atoms with E-state index in [9.17, 15) is 10.1 Å². The smallest absolute Gasteiger partial charge is 0.274 e. The quantitative estimate of drug-likeness (QED) is 0.459. The van der Waals surface area contributed by atoms with Gasteiger partial charge in [-0.3, -0.25) is 9.79 Å². The fourth-order valence-corrected chi connectivity index (χ4v) is 4.18. The summed E-state index contributed by atoms with van der Waals surface area (Å²) in [5.74, 6) is -0.249. The first-order valence-corrected chi connectivity index (χ1v) is 10.3. The molecule has 0 saturated heterocycles. The molecule has 0 bridgehead atoms. The number of rotatable bonds is 4. The van der Waals surface area contributed by atoms with E-state index in [0.29, 0.717) is 29.2 Å². The van der Waals surface area contributed by atoms with E-state index >= 15 is 0 Å². The third kappa shape index (κ3) is 3.49. The summed E-state index contributed by atoms with van der Waals surface area (Å²) in [6, 6.07) is 25.8. The summed E-state index contributed by atoms with van der Waals surface area (Å²) in [4.78, 5) is 17.8. The van der Waals surface area contributed by atoms with Crippen LogP contribution in [0.25, 0.3) is 10.8 Å². The molecule has 0 unspecified atom stereocenters. The Morgan fingerprint density at radius 2 is 1.81 bits per heavy atom. The van der Waals surface area contributed by atoms with E-state index in [1.54, 1.807) is 6.21 Å². The van der Waals surface area contributed by atoms with Crippen molar-refractivity contribution < 1.29 is 4.79 Å². The Hall–Kier alpha value is -4.17. The second-order valence-electron chi connectivity index (χ2n) is 7.57. The molecule has 5 heteroatoms. The largest absolute Gasteiger partial charge is 0.337 e. The first kappa shape index (κ1) is 18.8. The Labute approximate surface area is 180 Å². The number of benzene rings is 3. The lowest BCUT2D eigenvalue weighted by molar-refractivity contribution is 0.101. The van der Waals surface area contributed by atoms with E-state index in [0.717, 1.165) is 34.9 Å². The lowest BCUT2D eigenvalue weighted by Crippen LogP contribution is -2.16. The van der Waals surface area contributed by atoms with Crippen molar-refractivity contribution in [3.63, 3.8) is 0 Å². The van der Waals surface area contributed by atoms with Crippen LogP contribution < -0.4 is 5.32 Å². The highest BCUT2D eigenvalue weighted by molar-refractivity contribution is 6.08. The topological polar surface area (TPSA) is 70.2 Å². The third-order valence-electron chi connectivity index (χ3n) is 5.62. The summed E-state index contributed by atoms with van der Waals surface area (Å²) < 4.78 is 1.95. The van der Waals surface area contributed by atoms with Gasteiger partial charge >= 0.3 is 0 Å². The molecule has 1 aromatic heterocycles. The summed E-state index contributed by atoms with van der Waals surface area (Å²) >= 11 is 0. The molecule has 0 spiro atoms. The van der Waals surface area contributed by atoms with Gasteiger partial charge in [-0.15, -0.1) is 0 Å². The molecule has 31 heavy (non-hydrogen) atoms. The predicted molar refractivity (Wildman–Crippen MR) is 123 cm³/mol. The molecule has 5 rings (SSSR count). The Bertz CT molecular complexity index is 1360. The summed E-state index contributed by atoms with van der Waals surface area (Å²) in [6.45, 7) is 0.715. The van der Waals surface area contributed by atoms with Gasteiger partial charge in [0.2, 0.25) is 0 Å². The minimum absolute atomic E-state index is 0.249. The zero-order chi connectivity index (χ0) is 21.2. The zero-order valence-electron chi connectivity index (χ0n) is 16.9. The molecule has 1 aliphatic heterocycles. The lowest BCUT2D eigenvalue weighted by Gasteiger charge is -2.09. The first-order chi connectivity index (χ1) is 15.2. The van der Waals surface area contributed by atoms with Crippen molar-refractivity contribution in [1.82, 2.24) is 4.57 Å². The Morgan fingerprint density at radius 3 is 2.61 bits per heavy atom. The van der Waals surface area contributed by atoms with Crippen molar-refractivity contribution >= 4 is 34.3 Å². The van der Waals surface area contributed by atoms with Crippen LogP contribution in [0.15, 0.2) is 77.8 Å². The number of fused-ring (bicyclic) bond motifs is 2. The van der Waals surface area contributed by atoms with Gasteiger partial charge in [0, 0.05) is 24.1 Å². The van der Waals surface area contributed by atoms with Gasteiger partial charge in [0.15, 0.2) is 0 Å². The summed E-state index contributed by atoms with van der Waals surface area (Å²) in [5.41, 5.74) is 3.91. The second kappa shape index (κ2) is 7.92. The molecule has 0 aliphatic carbocycles. The number of hydrogen-bond donors (Lipinski definition) is 1. The summed E-state index contributed by atoms with van der Waals surface area (Å²) in [6.07, 6.45) is 3.43. The van der Waals surface area contributed by atoms with Crippen molar-refractivity contribution in [2.75, 3.05) is 5.32 Å². The fourth-order valence-electron chi connectivity index (χ4n) is 4.18. The molecular weight excluding hydrogens is 384 g/mol. The average molecular weight is 404 g/mol. The van der Waals surface area contributed by atoms with Gasteiger partial charge in [-0.25, -0.2) is 0 Å². The molecule has 2 heterocycles. The van der Waals surface area contributed by atoms with Crippen molar-refractivity contribution in [2.45, 2.75) is 19.4 Å². The van der Waals surface area contributed by atoms with Crippen LogP contribution in [0.1, 0.15) is 33.7 Å². The Balaban J connectivity index is 1.56. The highest BCUT2D eigenvalue weighted by Gasteiger charge is 2.29. The van der Waals surface area contributed by atoms with Crippen LogP contribution in [0.2, 0.25) is 0 Å². The minimum Gasteiger partial charge on any atom is -0.337 e. The number of carbonyl (C=O) groups is 1. The van der Waals surface area contributed by atoms with Crippen LogP contribution in [0.3, 0.4) is 0 Å². The van der Waals surface area contributed by atoms with Crippen LogP contribution in [-0.4, -0.2) is 16.7 Å². The van der Waals surface area contributed by atoms with Crippen LogP contribution in [0, 0.1) is 11.3 Å². The molecular formula is C26H20N4O. The standard InChI is InChI=1S/C26H20N4O/c27-16-22-23-11-6-14-30(23)25(26(31)29-21-9-2-1-3-10-21)24(22)28-17-18-12-13-19-7-4-5-8-20(19)15-18/h1-5,7-10,12-13,15,17H,6,11,14H2,(H,29,31). The predicted octanol–water partition coefficient (Wildman–Crippen LogP) is 5.46. The third-order valence-corrected chi connectivity index (χ3v) is 5.62. The highest BCUT2D eigenvalue weighted by Crippen LogP contribution is 2.35. The van der Waals surface area contributed by atoms with Gasteiger partial charge in [-0.05, 0) is 47.4 Å². The maximum atomic E-state index is 13.2. The van der Waals surface area contributed by atoms with E-state index < -0.39 is 0 Å². The molecule has 150 valence electrons. The van der Waals surface area contributed by atoms with Crippen molar-refractivity contribution in [1.29, 1.82) is 5.26 Å². The van der Waals surface area contributed by atoms with Gasteiger partial charge in [0.05, 0.1) is 5.56 Å². The van der Waals surface area contributed by atoms with E-state index in [2.05, 4.69) is 34.6 Å². The summed E-state index contributed by atoms with van der Waals surface area (Å²) in [7, 11) is 0. The fraction of sp³-hybridized carbons (Fsp3) is 0.115. The van der Waals surface area contributed by atoms with E-state index in [4.69, 9.17) is 0 Å². The number of para-hydroxylation sites is 1. The number of aromatic nitrogens is 1. The maximum Gasteiger partial charge on any atom is 0.274 e. The number of aliphatic imine (C=N–C) groups is 1. The van der Waals surface area contributed by atoms with Crippen molar-refractivity contribution in [3.05, 3.63) is 95.3 Å². The number of anilines is 1. The first-order valence-electron chi connectivity index (χ1n) is 10.3. The number of nitriles is 1. The molecule has 1 amide bonds. The van der Waals surface area contributed by atoms with E-state index in [-0.39, 0.29) is 5.91 Å². The van der Waals surface area contributed by atoms with E-state index in [1.165, 1.54) is 0 Å². The maximum absolute atomic E-state index is 13.2. The van der Waals surface area contributed by atoms with Gasteiger partial charge in [-0.1, -0.05) is 54.6 Å². The zero-order valence-corrected chi connectivity index (χ0v) is 16.9. The average Bonchev–Trinajstić information content (AvgIpc) is 3.38. The molecule has 3 aromatic carbocycles. The molecule has 0 saturated carbocycles. The van der Waals surface area contributed by atoms with Crippen LogP contribution in [-0.2, 0) is 13.0 Å². The van der Waals surface area contributed by atoms with Gasteiger partial charge in [-0.2, -0.15) is 5.26 Å². The van der Waals surface area contributed by atoms with Crippen molar-refractivity contribution in [2.24, 2.45) is 4.99 Å². The van der Waals surface area contributed by atoms with Crippen molar-refractivity contribution in [3.8, 4) is 6.07 Å². The van der Waals surface area contributed by atoms with Gasteiger partial charge in [0.1, 0.15) is 17.5 Å². The molecule has 0 fully saturated rings. The molecule has 5 nitrogen and oxygen atoms in total. The number of nitrogens with one attached hydrogen (secondary N) is 1. The number of nitrogens with zero attached hydrogens (tertiary/aromatic N) is 3. The van der Waals surface area contributed by atoms with E-state index in [1.807, 2.05) is 59.2 Å². The normalized spacial score (nSPS) is 12.7. The number of hydrogen-bond acceptors (Lipinski definition) is 3. The van der Waals surface area contributed by atoms with Crippen LogP contribution in [0.5, 0.6) is 0 Å². The molecule has 0 radical (unpaired) electrons. The van der Waals surface area contributed by atoms with Crippen LogP contribution in [0.4, 0.5) is 11.4 Å². The van der Waals surface area contributed by atoms with Crippen LogP contribution >= 0.6 is 0 Å². The number of amides is 1. The van der Waals surface area contributed by atoms with Gasteiger partial charge < -0.3 is 9.88 Å². The SMILES string of the molecule is N#Cc1c(N=Cc2ccc3ccccc3c2)c(C(=O)Nc2ccccc2)n2c1CCC2. The monoisotopic (exact) mass is 404 g/mol. The Kier molecular flexibility index (Phi) is 4.81. The molecule has 4 aromatic rings. The lowest BCUT2D eigenvalue weighted by atomic mass is 10.1. The molecule has 0 atom stereocenters. The highest BCUT2D eigenvalue weighted by atomic mass is 16.2. The Morgan fingerprint density at radius 1 is 1.03 bits per heavy atom. The second-order valence-corrected chi connectivity index (χ2v) is 7.57. The van der Waals surface area contributed by atoms with Gasteiger partial charge in [0.25, 0.3) is 5.91 Å². The number of carbonyl (C=O) groups excluding carboxylic acids is 1. The summed E-state index contributed by atoms with van der Waals surface area (Å²) in [5, 5.41) is 15.1.